The first-order valence-corrected chi connectivity index (χ1v) is 13.8. The molecule has 11 heteroatoms. The van der Waals surface area contributed by atoms with Gasteiger partial charge in [-0.2, -0.15) is 4.31 Å². The number of nitrogens with one attached hydrogen (secondary N) is 1. The summed E-state index contributed by atoms with van der Waals surface area (Å²) in [6.07, 6.45) is 1.29. The number of nitrogens with zero attached hydrogens (tertiary/aromatic N) is 1. The van der Waals surface area contributed by atoms with Crippen LogP contribution >= 0.6 is 0 Å². The standard InChI is InChI=1S/C21H30N2O7S2/c1-15-10-16(2)12-23(11-15)32(28,29)18-6-4-17(5-7-18)20(25)30-13-19(24)22-21(3)8-9-31(26,27)14-21/h4-7,15-16H,8-14H2,1-3H3,(H,22,24). The summed E-state index contributed by atoms with van der Waals surface area (Å²) in [6.45, 7) is 6.06. The van der Waals surface area contributed by atoms with E-state index in [9.17, 15) is 26.4 Å². The van der Waals surface area contributed by atoms with Crippen molar-refractivity contribution in [1.29, 1.82) is 0 Å². The number of hydrogen-bond donors (Lipinski definition) is 1. The average Bonchev–Trinajstić information content (AvgIpc) is 2.97. The second-order valence-electron chi connectivity index (χ2n) is 9.32. The Morgan fingerprint density at radius 1 is 1.16 bits per heavy atom. The van der Waals surface area contributed by atoms with Crippen LogP contribution < -0.4 is 5.32 Å². The first kappa shape index (κ1) is 24.7. The highest BCUT2D eigenvalue weighted by Crippen LogP contribution is 2.27. The molecule has 3 unspecified atom stereocenters. The average molecular weight is 487 g/mol. The normalized spacial score (nSPS) is 28.2. The smallest absolute Gasteiger partial charge is 0.338 e. The zero-order chi connectivity index (χ0) is 23.7. The van der Waals surface area contributed by atoms with Crippen LogP contribution in [0.4, 0.5) is 0 Å². The van der Waals surface area contributed by atoms with Gasteiger partial charge < -0.3 is 10.1 Å². The summed E-state index contributed by atoms with van der Waals surface area (Å²) in [5.41, 5.74) is -0.756. The quantitative estimate of drug-likeness (QED) is 0.599. The molecule has 0 spiro atoms. The highest BCUT2D eigenvalue weighted by Gasteiger charge is 2.39. The van der Waals surface area contributed by atoms with Gasteiger partial charge in [0.2, 0.25) is 10.0 Å². The number of carbonyl (C=O) groups is 2. The zero-order valence-corrected chi connectivity index (χ0v) is 20.2. The Bertz CT molecular complexity index is 1070. The molecule has 2 aliphatic heterocycles. The molecular weight excluding hydrogens is 456 g/mol. The fraction of sp³-hybridized carbons (Fsp3) is 0.619. The summed E-state index contributed by atoms with van der Waals surface area (Å²) in [5, 5.41) is 2.61. The molecule has 0 radical (unpaired) electrons. The summed E-state index contributed by atoms with van der Waals surface area (Å²) in [6, 6.07) is 5.43. The molecule has 3 rings (SSSR count). The third kappa shape index (κ3) is 5.87. The lowest BCUT2D eigenvalue weighted by atomic mass is 9.94. The Morgan fingerprint density at radius 2 is 1.75 bits per heavy atom. The molecule has 1 N–H and O–H groups in total. The van der Waals surface area contributed by atoms with E-state index in [0.29, 0.717) is 19.5 Å². The topological polar surface area (TPSA) is 127 Å². The van der Waals surface area contributed by atoms with Crippen molar-refractivity contribution in [2.45, 2.75) is 44.0 Å². The zero-order valence-electron chi connectivity index (χ0n) is 18.5. The predicted octanol–water partition coefficient (Wildman–Crippen LogP) is 1.20. The van der Waals surface area contributed by atoms with Crippen molar-refractivity contribution < 1.29 is 31.2 Å². The van der Waals surface area contributed by atoms with Crippen LogP contribution in [0.3, 0.4) is 0 Å². The van der Waals surface area contributed by atoms with E-state index >= 15 is 0 Å². The molecule has 1 aromatic rings. The maximum atomic E-state index is 12.9. The van der Waals surface area contributed by atoms with Gasteiger partial charge in [0, 0.05) is 13.1 Å². The second-order valence-corrected chi connectivity index (χ2v) is 13.4. The van der Waals surface area contributed by atoms with Gasteiger partial charge in [-0.1, -0.05) is 13.8 Å². The fourth-order valence-electron chi connectivity index (χ4n) is 4.41. The minimum Gasteiger partial charge on any atom is -0.452 e. The van der Waals surface area contributed by atoms with Crippen molar-refractivity contribution in [3.05, 3.63) is 29.8 Å². The Kier molecular flexibility index (Phi) is 7.02. The van der Waals surface area contributed by atoms with Gasteiger partial charge in [0.1, 0.15) is 0 Å². The number of carbonyl (C=O) groups excluding carboxylic acids is 2. The predicted molar refractivity (Wildman–Crippen MR) is 118 cm³/mol. The van der Waals surface area contributed by atoms with Gasteiger partial charge in [0.05, 0.1) is 27.5 Å². The minimum atomic E-state index is -3.66. The first-order chi connectivity index (χ1) is 14.8. The van der Waals surface area contributed by atoms with Crippen molar-refractivity contribution >= 4 is 31.7 Å². The molecule has 3 atom stereocenters. The number of rotatable bonds is 6. The summed E-state index contributed by atoms with van der Waals surface area (Å²) in [7, 11) is -6.84. The van der Waals surface area contributed by atoms with Gasteiger partial charge in [0.15, 0.2) is 16.4 Å². The van der Waals surface area contributed by atoms with Gasteiger partial charge in [-0.25, -0.2) is 21.6 Å². The van der Waals surface area contributed by atoms with E-state index in [-0.39, 0.29) is 33.8 Å². The molecule has 0 bridgehead atoms. The number of piperidine rings is 1. The Morgan fingerprint density at radius 3 is 2.28 bits per heavy atom. The Hall–Kier alpha value is -1.98. The summed E-state index contributed by atoms with van der Waals surface area (Å²) in [4.78, 5) is 24.5. The second kappa shape index (κ2) is 9.11. The van der Waals surface area contributed by atoms with Crippen LogP contribution in [-0.4, -0.2) is 69.8 Å². The van der Waals surface area contributed by atoms with Crippen LogP contribution in [-0.2, 0) is 29.4 Å². The van der Waals surface area contributed by atoms with E-state index in [1.807, 2.05) is 13.8 Å². The lowest BCUT2D eigenvalue weighted by Gasteiger charge is -2.34. The number of benzene rings is 1. The monoisotopic (exact) mass is 486 g/mol. The molecule has 32 heavy (non-hydrogen) atoms. The molecule has 2 heterocycles. The molecule has 9 nitrogen and oxygen atoms in total. The number of esters is 1. The molecule has 2 aliphatic rings. The number of sulfonamides is 1. The minimum absolute atomic E-state index is 0.00801. The summed E-state index contributed by atoms with van der Waals surface area (Å²) >= 11 is 0. The molecule has 178 valence electrons. The van der Waals surface area contributed by atoms with E-state index in [4.69, 9.17) is 4.74 Å². The molecule has 2 saturated heterocycles. The van der Waals surface area contributed by atoms with Crippen molar-refractivity contribution in [3.63, 3.8) is 0 Å². The van der Waals surface area contributed by atoms with Crippen LogP contribution in [0.2, 0.25) is 0 Å². The van der Waals surface area contributed by atoms with E-state index < -0.39 is 43.9 Å². The van der Waals surface area contributed by atoms with Crippen LogP contribution in [0, 0.1) is 11.8 Å². The van der Waals surface area contributed by atoms with Crippen molar-refractivity contribution in [2.24, 2.45) is 11.8 Å². The number of sulfone groups is 1. The third-order valence-corrected chi connectivity index (χ3v) is 9.59. The van der Waals surface area contributed by atoms with E-state index in [1.165, 1.54) is 28.6 Å². The number of ether oxygens (including phenoxy) is 1. The van der Waals surface area contributed by atoms with Crippen molar-refractivity contribution in [1.82, 2.24) is 9.62 Å². The lowest BCUT2D eigenvalue weighted by Crippen LogP contribution is -2.48. The van der Waals surface area contributed by atoms with Crippen LogP contribution in [0.5, 0.6) is 0 Å². The molecule has 0 aliphatic carbocycles. The maximum Gasteiger partial charge on any atom is 0.338 e. The van der Waals surface area contributed by atoms with Crippen LogP contribution in [0.15, 0.2) is 29.2 Å². The highest BCUT2D eigenvalue weighted by atomic mass is 32.2. The summed E-state index contributed by atoms with van der Waals surface area (Å²) < 4.78 is 55.6. The molecule has 1 amide bonds. The molecule has 0 saturated carbocycles. The molecule has 0 aromatic heterocycles. The van der Waals surface area contributed by atoms with E-state index in [1.54, 1.807) is 6.92 Å². The van der Waals surface area contributed by atoms with Gasteiger partial charge in [-0.3, -0.25) is 4.79 Å². The number of amides is 1. The van der Waals surface area contributed by atoms with Gasteiger partial charge in [0.25, 0.3) is 5.91 Å². The molecular formula is C21H30N2O7S2. The van der Waals surface area contributed by atoms with Crippen molar-refractivity contribution in [3.8, 4) is 0 Å². The molecule has 2 fully saturated rings. The Labute approximate surface area is 189 Å². The van der Waals surface area contributed by atoms with E-state index in [0.717, 1.165) is 6.42 Å². The summed E-state index contributed by atoms with van der Waals surface area (Å²) in [5.74, 6) is -0.946. The highest BCUT2D eigenvalue weighted by molar-refractivity contribution is 7.91. The number of hydrogen-bond acceptors (Lipinski definition) is 7. The fourth-order valence-corrected chi connectivity index (χ4v) is 8.18. The largest absolute Gasteiger partial charge is 0.452 e. The van der Waals surface area contributed by atoms with Crippen molar-refractivity contribution in [2.75, 3.05) is 31.2 Å². The molecule has 1 aromatic carbocycles. The van der Waals surface area contributed by atoms with Gasteiger partial charge in [-0.15, -0.1) is 0 Å². The SMILES string of the molecule is CC1CC(C)CN(S(=O)(=O)c2ccc(C(=O)OCC(=O)NC3(C)CCS(=O)(=O)C3)cc2)C1. The van der Waals surface area contributed by atoms with Gasteiger partial charge in [-0.05, 0) is 55.9 Å². The maximum absolute atomic E-state index is 12.9. The lowest BCUT2D eigenvalue weighted by molar-refractivity contribution is -0.125. The van der Waals surface area contributed by atoms with Crippen LogP contribution in [0.25, 0.3) is 0 Å². The first-order valence-electron chi connectivity index (χ1n) is 10.6. The third-order valence-electron chi connectivity index (χ3n) is 5.84. The Balaban J connectivity index is 1.57. The van der Waals surface area contributed by atoms with E-state index in [2.05, 4.69) is 5.32 Å². The van der Waals surface area contributed by atoms with Crippen LogP contribution in [0.1, 0.15) is 44.0 Å². The van der Waals surface area contributed by atoms with Gasteiger partial charge >= 0.3 is 5.97 Å².